The van der Waals surface area contributed by atoms with Crippen LogP contribution in [0.2, 0.25) is 0 Å². The summed E-state index contributed by atoms with van der Waals surface area (Å²) in [6.07, 6.45) is -0.211. The number of carbonyl (C=O) groups excluding carboxylic acids is 2. The first-order valence-corrected chi connectivity index (χ1v) is 9.88. The number of hydrogen-bond acceptors (Lipinski definition) is 7. The van der Waals surface area contributed by atoms with E-state index in [0.717, 1.165) is 11.3 Å². The van der Waals surface area contributed by atoms with Gasteiger partial charge in [0.1, 0.15) is 9.75 Å². The topological polar surface area (TPSA) is 125 Å². The molecule has 0 saturated carbocycles. The highest BCUT2D eigenvalue weighted by molar-refractivity contribution is 7.91. The predicted octanol–water partition coefficient (Wildman–Crippen LogP) is 1.01. The van der Waals surface area contributed by atoms with Crippen molar-refractivity contribution in [2.24, 2.45) is 5.92 Å². The molecule has 0 saturated heterocycles. The summed E-state index contributed by atoms with van der Waals surface area (Å²) in [6.45, 7) is 4.49. The third-order valence-corrected chi connectivity index (χ3v) is 6.39. The van der Waals surface area contributed by atoms with Gasteiger partial charge in [-0.25, -0.2) is 13.1 Å². The average molecular weight is 387 g/mol. The molecule has 0 aliphatic heterocycles. The van der Waals surface area contributed by atoms with Crippen LogP contribution in [-0.4, -0.2) is 39.0 Å². The smallest absolute Gasteiger partial charge is 0.307 e. The van der Waals surface area contributed by atoms with Crippen molar-refractivity contribution in [2.75, 3.05) is 13.2 Å². The van der Waals surface area contributed by atoms with Gasteiger partial charge in [-0.15, -0.1) is 11.3 Å². The van der Waals surface area contributed by atoms with Crippen LogP contribution in [0.3, 0.4) is 0 Å². The number of rotatable bonds is 9. The van der Waals surface area contributed by atoms with Gasteiger partial charge in [-0.3, -0.25) is 9.59 Å². The maximum absolute atomic E-state index is 11.8. The van der Waals surface area contributed by atoms with E-state index in [-0.39, 0.29) is 23.1 Å². The van der Waals surface area contributed by atoms with Crippen molar-refractivity contribution >= 4 is 33.2 Å². The molecule has 0 bridgehead atoms. The van der Waals surface area contributed by atoms with E-state index in [2.05, 4.69) is 10.0 Å². The lowest BCUT2D eigenvalue weighted by molar-refractivity contribution is -0.148. The van der Waals surface area contributed by atoms with Crippen molar-refractivity contribution in [2.45, 2.75) is 36.9 Å². The second-order valence-corrected chi connectivity index (χ2v) is 8.70. The molecule has 1 rings (SSSR count). The molecule has 1 unspecified atom stereocenters. The Morgan fingerprint density at radius 3 is 2.64 bits per heavy atom. The second-order valence-electron chi connectivity index (χ2n) is 5.76. The van der Waals surface area contributed by atoms with Crippen LogP contribution < -0.4 is 10.0 Å². The highest BCUT2D eigenvalue weighted by Crippen LogP contribution is 2.15. The fraction of sp³-hybridized carbons (Fsp3) is 0.533. The quantitative estimate of drug-likeness (QED) is 0.609. The van der Waals surface area contributed by atoms with Gasteiger partial charge in [0.25, 0.3) is 5.91 Å². The molecule has 0 aliphatic rings. The van der Waals surface area contributed by atoms with E-state index in [0.29, 0.717) is 0 Å². The molecule has 1 atom stereocenters. The van der Waals surface area contributed by atoms with Crippen molar-refractivity contribution in [3.8, 4) is 6.07 Å². The van der Waals surface area contributed by atoms with Crippen LogP contribution in [0.1, 0.15) is 27.2 Å². The molecule has 8 nitrogen and oxygen atoms in total. The molecule has 1 heterocycles. The van der Waals surface area contributed by atoms with Crippen LogP contribution in [0.25, 0.3) is 0 Å². The van der Waals surface area contributed by atoms with Crippen LogP contribution in [0, 0.1) is 17.2 Å². The van der Waals surface area contributed by atoms with Gasteiger partial charge in [0, 0.05) is 6.54 Å². The monoisotopic (exact) mass is 387 g/mol. The summed E-state index contributed by atoms with van der Waals surface area (Å²) in [6, 6.07) is 5.08. The molecule has 0 spiro atoms. The van der Waals surface area contributed by atoms with Crippen molar-refractivity contribution in [1.82, 2.24) is 10.0 Å². The Bertz CT molecular complexity index is 738. The Hall–Kier alpha value is -1.96. The molecule has 1 aromatic rings. The summed E-state index contributed by atoms with van der Waals surface area (Å²) in [5.41, 5.74) is -1.06. The largest absolute Gasteiger partial charge is 0.456 e. The van der Waals surface area contributed by atoms with Crippen molar-refractivity contribution in [3.63, 3.8) is 0 Å². The lowest BCUT2D eigenvalue weighted by atomic mass is 9.90. The molecular weight excluding hydrogens is 366 g/mol. The maximum atomic E-state index is 11.8. The Kier molecular flexibility index (Phi) is 7.54. The third kappa shape index (κ3) is 6.45. The van der Waals surface area contributed by atoms with Crippen LogP contribution in [0.15, 0.2) is 21.7 Å². The SMILES string of the molecule is CC(C)C(C)(C#N)NC(=O)COC(=O)CCNS(=O)(=O)c1cccs1. The lowest BCUT2D eigenvalue weighted by Crippen LogP contribution is -2.50. The Labute approximate surface area is 151 Å². The molecule has 1 amide bonds. The van der Waals surface area contributed by atoms with Crippen LogP contribution in [0.4, 0.5) is 0 Å². The number of nitrogens with zero attached hydrogens (tertiary/aromatic N) is 1. The standard InChI is InChI=1S/C15H21N3O5S2/c1-11(2)15(3,10-16)18-12(19)9-23-13(20)6-7-17-25(21,22)14-5-4-8-24-14/h4-5,8,11,17H,6-7,9H2,1-3H3,(H,18,19). The summed E-state index contributed by atoms with van der Waals surface area (Å²) in [5, 5.41) is 13.3. The number of ether oxygens (including phenoxy) is 1. The Morgan fingerprint density at radius 2 is 2.12 bits per heavy atom. The lowest BCUT2D eigenvalue weighted by Gasteiger charge is -2.27. The normalized spacial score (nSPS) is 13.7. The summed E-state index contributed by atoms with van der Waals surface area (Å²) < 4.78 is 30.9. The number of sulfonamides is 1. The Morgan fingerprint density at radius 1 is 1.44 bits per heavy atom. The molecule has 0 aromatic carbocycles. The number of esters is 1. The summed E-state index contributed by atoms with van der Waals surface area (Å²) in [5.74, 6) is -1.43. The van der Waals surface area contributed by atoms with Crippen molar-refractivity contribution in [1.29, 1.82) is 5.26 Å². The number of hydrogen-bond donors (Lipinski definition) is 2. The number of thiophene rings is 1. The fourth-order valence-electron chi connectivity index (χ4n) is 1.62. The highest BCUT2D eigenvalue weighted by atomic mass is 32.2. The summed E-state index contributed by atoms with van der Waals surface area (Å²) in [7, 11) is -3.64. The molecule has 0 aliphatic carbocycles. The molecular formula is C15H21N3O5S2. The van der Waals surface area contributed by atoms with Crippen molar-refractivity contribution < 1.29 is 22.7 Å². The van der Waals surface area contributed by atoms with Gasteiger partial charge in [0.05, 0.1) is 12.5 Å². The Balaban J connectivity index is 2.36. The molecule has 1 aromatic heterocycles. The molecule has 25 heavy (non-hydrogen) atoms. The van der Waals surface area contributed by atoms with Gasteiger partial charge in [-0.05, 0) is 24.3 Å². The molecule has 10 heteroatoms. The zero-order chi connectivity index (χ0) is 19.1. The first kappa shape index (κ1) is 21.1. The number of amides is 1. The minimum atomic E-state index is -3.64. The summed E-state index contributed by atoms with van der Waals surface area (Å²) >= 11 is 1.07. The first-order valence-electron chi connectivity index (χ1n) is 7.52. The molecule has 2 N–H and O–H groups in total. The van der Waals surface area contributed by atoms with Gasteiger partial charge in [0.2, 0.25) is 10.0 Å². The molecule has 0 fully saturated rings. The minimum absolute atomic E-state index is 0.121. The van der Waals surface area contributed by atoms with Crippen LogP contribution in [-0.2, 0) is 24.3 Å². The zero-order valence-electron chi connectivity index (χ0n) is 14.2. The van der Waals surface area contributed by atoms with E-state index in [9.17, 15) is 18.0 Å². The van der Waals surface area contributed by atoms with Gasteiger partial charge in [0.15, 0.2) is 6.61 Å². The predicted molar refractivity (Wildman–Crippen MR) is 92.1 cm³/mol. The van der Waals surface area contributed by atoms with E-state index >= 15 is 0 Å². The molecule has 138 valence electrons. The third-order valence-electron chi connectivity index (χ3n) is 3.53. The minimum Gasteiger partial charge on any atom is -0.456 e. The van der Waals surface area contributed by atoms with E-state index in [4.69, 9.17) is 10.00 Å². The van der Waals surface area contributed by atoms with Crippen LogP contribution >= 0.6 is 11.3 Å². The van der Waals surface area contributed by atoms with E-state index in [1.165, 1.54) is 6.07 Å². The number of nitrogens with one attached hydrogen (secondary N) is 2. The highest BCUT2D eigenvalue weighted by Gasteiger charge is 2.30. The van der Waals surface area contributed by atoms with Gasteiger partial charge < -0.3 is 10.1 Å². The van der Waals surface area contributed by atoms with Gasteiger partial charge >= 0.3 is 5.97 Å². The maximum Gasteiger partial charge on any atom is 0.307 e. The summed E-state index contributed by atoms with van der Waals surface area (Å²) in [4.78, 5) is 23.4. The van der Waals surface area contributed by atoms with E-state index < -0.39 is 34.0 Å². The van der Waals surface area contributed by atoms with E-state index in [1.807, 2.05) is 6.07 Å². The first-order chi connectivity index (χ1) is 11.6. The van der Waals surface area contributed by atoms with Crippen LogP contribution in [0.5, 0.6) is 0 Å². The van der Waals surface area contributed by atoms with Gasteiger partial charge in [-0.1, -0.05) is 19.9 Å². The van der Waals surface area contributed by atoms with Gasteiger partial charge in [-0.2, -0.15) is 5.26 Å². The molecule has 0 radical (unpaired) electrons. The second kappa shape index (κ2) is 8.94. The number of nitriles is 1. The number of carbonyl (C=O) groups is 2. The average Bonchev–Trinajstić information content (AvgIpc) is 3.07. The van der Waals surface area contributed by atoms with E-state index in [1.54, 1.807) is 32.2 Å². The zero-order valence-corrected chi connectivity index (χ0v) is 15.9. The fourth-order valence-corrected chi connectivity index (χ4v) is 3.69. The van der Waals surface area contributed by atoms with Crippen molar-refractivity contribution in [3.05, 3.63) is 17.5 Å².